The minimum Gasteiger partial charge on any atom is -0.339 e. The number of nitrogens with one attached hydrogen (secondary N) is 1. The number of para-hydroxylation sites is 2. The number of rotatable bonds is 2. The molecule has 0 aliphatic carbocycles. The third-order valence-electron chi connectivity index (χ3n) is 2.85. The second kappa shape index (κ2) is 4.86. The molecule has 0 spiro atoms. The summed E-state index contributed by atoms with van der Waals surface area (Å²) in [7, 11) is 0. The fourth-order valence-electron chi connectivity index (χ4n) is 1.88. The van der Waals surface area contributed by atoms with Crippen LogP contribution < -0.4 is 5.32 Å². The zero-order valence-corrected chi connectivity index (χ0v) is 11.1. The lowest BCUT2D eigenvalue weighted by molar-refractivity contribution is 1.18. The zero-order valence-electron chi connectivity index (χ0n) is 10.4. The summed E-state index contributed by atoms with van der Waals surface area (Å²) in [6, 6.07) is 15.3. The van der Waals surface area contributed by atoms with Gasteiger partial charge >= 0.3 is 0 Å². The van der Waals surface area contributed by atoms with Crippen molar-refractivity contribution >= 4 is 34.1 Å². The van der Waals surface area contributed by atoms with Crippen molar-refractivity contribution in [2.24, 2.45) is 0 Å². The van der Waals surface area contributed by atoms with Gasteiger partial charge in [0, 0.05) is 10.7 Å². The number of nitrogens with zero attached hydrogens (tertiary/aromatic N) is 2. The van der Waals surface area contributed by atoms with Crippen LogP contribution in [0.3, 0.4) is 0 Å². The molecule has 0 bridgehead atoms. The molecule has 0 atom stereocenters. The van der Waals surface area contributed by atoms with Crippen LogP contribution in [0, 0.1) is 6.92 Å². The molecule has 19 heavy (non-hydrogen) atoms. The van der Waals surface area contributed by atoms with Crippen LogP contribution in [0.15, 0.2) is 48.5 Å². The number of hydrogen-bond acceptors (Lipinski definition) is 3. The maximum atomic E-state index is 5.87. The van der Waals surface area contributed by atoms with Crippen LogP contribution >= 0.6 is 11.6 Å². The van der Waals surface area contributed by atoms with Gasteiger partial charge in [0.1, 0.15) is 0 Å². The number of anilines is 2. The van der Waals surface area contributed by atoms with Gasteiger partial charge in [-0.3, -0.25) is 0 Å². The van der Waals surface area contributed by atoms with E-state index in [-0.39, 0.29) is 0 Å². The van der Waals surface area contributed by atoms with Crippen LogP contribution in [0.4, 0.5) is 11.5 Å². The van der Waals surface area contributed by atoms with Crippen molar-refractivity contribution < 1.29 is 0 Å². The van der Waals surface area contributed by atoms with E-state index in [2.05, 4.69) is 15.3 Å². The Morgan fingerprint density at radius 3 is 2.21 bits per heavy atom. The Morgan fingerprint density at radius 2 is 1.53 bits per heavy atom. The van der Waals surface area contributed by atoms with E-state index in [1.54, 1.807) is 0 Å². The molecule has 1 heterocycles. The van der Waals surface area contributed by atoms with Crippen LogP contribution in [0.25, 0.3) is 11.0 Å². The van der Waals surface area contributed by atoms with Crippen molar-refractivity contribution in [1.82, 2.24) is 9.97 Å². The van der Waals surface area contributed by atoms with Gasteiger partial charge in [-0.2, -0.15) is 0 Å². The predicted molar refractivity (Wildman–Crippen MR) is 79.0 cm³/mol. The second-order valence-corrected chi connectivity index (χ2v) is 4.71. The van der Waals surface area contributed by atoms with Crippen molar-refractivity contribution in [3.8, 4) is 0 Å². The quantitative estimate of drug-likeness (QED) is 0.752. The Hall–Kier alpha value is -2.13. The Kier molecular flexibility index (Phi) is 3.05. The molecule has 2 aromatic carbocycles. The van der Waals surface area contributed by atoms with Crippen molar-refractivity contribution in [3.05, 3.63) is 59.2 Å². The molecular weight excluding hydrogens is 258 g/mol. The Balaban J connectivity index is 2.00. The van der Waals surface area contributed by atoms with E-state index in [0.717, 1.165) is 28.2 Å². The molecule has 4 heteroatoms. The first kappa shape index (κ1) is 11.9. The van der Waals surface area contributed by atoms with Gasteiger partial charge in [0.05, 0.1) is 16.7 Å². The van der Waals surface area contributed by atoms with E-state index >= 15 is 0 Å². The summed E-state index contributed by atoms with van der Waals surface area (Å²) in [4.78, 5) is 9.12. The third-order valence-corrected chi connectivity index (χ3v) is 3.10. The minimum atomic E-state index is 0.715. The maximum absolute atomic E-state index is 5.87. The lowest BCUT2D eigenvalue weighted by Gasteiger charge is -2.09. The molecule has 94 valence electrons. The molecule has 0 saturated carbocycles. The average molecular weight is 270 g/mol. The van der Waals surface area contributed by atoms with E-state index in [0.29, 0.717) is 5.02 Å². The van der Waals surface area contributed by atoms with E-state index in [1.807, 2.05) is 55.5 Å². The standard InChI is InChI=1S/C15H12ClN3/c1-10-15(18-12-8-6-11(16)7-9-12)19-14-5-3-2-4-13(14)17-10/h2-9H,1H3,(H,18,19). The average Bonchev–Trinajstić information content (AvgIpc) is 2.42. The molecule has 1 N–H and O–H groups in total. The number of fused-ring (bicyclic) bond motifs is 1. The predicted octanol–water partition coefficient (Wildman–Crippen LogP) is 4.34. The van der Waals surface area contributed by atoms with E-state index in [1.165, 1.54) is 0 Å². The first-order valence-electron chi connectivity index (χ1n) is 5.98. The molecule has 3 rings (SSSR count). The van der Waals surface area contributed by atoms with Gasteiger partial charge in [-0.1, -0.05) is 23.7 Å². The highest BCUT2D eigenvalue weighted by Gasteiger charge is 2.05. The van der Waals surface area contributed by atoms with E-state index in [4.69, 9.17) is 11.6 Å². The Labute approximate surface area is 116 Å². The highest BCUT2D eigenvalue weighted by molar-refractivity contribution is 6.30. The topological polar surface area (TPSA) is 37.8 Å². The van der Waals surface area contributed by atoms with Gasteiger partial charge in [0.15, 0.2) is 5.82 Å². The third kappa shape index (κ3) is 2.51. The van der Waals surface area contributed by atoms with Gasteiger partial charge in [0.2, 0.25) is 0 Å². The second-order valence-electron chi connectivity index (χ2n) is 4.28. The largest absolute Gasteiger partial charge is 0.339 e. The van der Waals surface area contributed by atoms with Gasteiger partial charge < -0.3 is 5.32 Å². The van der Waals surface area contributed by atoms with Crippen LogP contribution in [0.2, 0.25) is 5.02 Å². The zero-order chi connectivity index (χ0) is 13.2. The smallest absolute Gasteiger partial charge is 0.152 e. The summed E-state index contributed by atoms with van der Waals surface area (Å²) in [6.45, 7) is 1.94. The number of aromatic nitrogens is 2. The molecule has 3 nitrogen and oxygen atoms in total. The minimum absolute atomic E-state index is 0.715. The first-order chi connectivity index (χ1) is 9.22. The monoisotopic (exact) mass is 269 g/mol. The van der Waals surface area contributed by atoms with Gasteiger partial charge in [-0.05, 0) is 43.3 Å². The van der Waals surface area contributed by atoms with Crippen LogP contribution in [0.5, 0.6) is 0 Å². The molecule has 0 amide bonds. The molecule has 0 radical (unpaired) electrons. The molecule has 0 fully saturated rings. The number of halogens is 1. The van der Waals surface area contributed by atoms with Crippen LogP contribution in [0.1, 0.15) is 5.69 Å². The summed E-state index contributed by atoms with van der Waals surface area (Å²) < 4.78 is 0. The summed E-state index contributed by atoms with van der Waals surface area (Å²) in [6.07, 6.45) is 0. The lowest BCUT2D eigenvalue weighted by atomic mass is 10.2. The molecule has 0 saturated heterocycles. The maximum Gasteiger partial charge on any atom is 0.152 e. The molecule has 0 unspecified atom stereocenters. The Morgan fingerprint density at radius 1 is 0.895 bits per heavy atom. The molecule has 1 aromatic heterocycles. The highest BCUT2D eigenvalue weighted by Crippen LogP contribution is 2.21. The normalized spacial score (nSPS) is 10.6. The highest BCUT2D eigenvalue weighted by atomic mass is 35.5. The van der Waals surface area contributed by atoms with Crippen molar-refractivity contribution in [3.63, 3.8) is 0 Å². The lowest BCUT2D eigenvalue weighted by Crippen LogP contribution is -1.99. The Bertz CT molecular complexity index is 723. The summed E-state index contributed by atoms with van der Waals surface area (Å²) in [5, 5.41) is 3.97. The fourth-order valence-corrected chi connectivity index (χ4v) is 2.00. The van der Waals surface area contributed by atoms with Crippen molar-refractivity contribution in [1.29, 1.82) is 0 Å². The molecule has 0 aliphatic heterocycles. The number of hydrogen-bond donors (Lipinski definition) is 1. The van der Waals surface area contributed by atoms with Crippen molar-refractivity contribution in [2.45, 2.75) is 6.92 Å². The first-order valence-corrected chi connectivity index (χ1v) is 6.36. The molecule has 3 aromatic rings. The fraction of sp³-hybridized carbons (Fsp3) is 0.0667. The van der Waals surface area contributed by atoms with Gasteiger partial charge in [-0.15, -0.1) is 0 Å². The van der Waals surface area contributed by atoms with Gasteiger partial charge in [-0.25, -0.2) is 9.97 Å². The summed E-state index contributed by atoms with van der Waals surface area (Å²) in [5.74, 6) is 0.765. The van der Waals surface area contributed by atoms with E-state index < -0.39 is 0 Å². The SMILES string of the molecule is Cc1nc2ccccc2nc1Nc1ccc(Cl)cc1. The summed E-state index contributed by atoms with van der Waals surface area (Å²) >= 11 is 5.87. The molecular formula is C15H12ClN3. The number of aryl methyl sites for hydroxylation is 1. The van der Waals surface area contributed by atoms with E-state index in [9.17, 15) is 0 Å². The van der Waals surface area contributed by atoms with Crippen LogP contribution in [-0.2, 0) is 0 Å². The molecule has 0 aliphatic rings. The summed E-state index contributed by atoms with van der Waals surface area (Å²) in [5.41, 5.74) is 3.59. The van der Waals surface area contributed by atoms with Crippen LogP contribution in [-0.4, -0.2) is 9.97 Å². The van der Waals surface area contributed by atoms with Gasteiger partial charge in [0.25, 0.3) is 0 Å². The van der Waals surface area contributed by atoms with Crippen molar-refractivity contribution in [2.75, 3.05) is 5.32 Å². The number of benzene rings is 2.